The molecule has 0 spiro atoms. The molecule has 1 aliphatic rings. The number of nitrogens with two attached hydrogens (primary N) is 1. The van der Waals surface area contributed by atoms with Crippen LogP contribution in [0.5, 0.6) is 5.75 Å². The molecule has 1 unspecified atom stereocenters. The van der Waals surface area contributed by atoms with Gasteiger partial charge in [-0.25, -0.2) is 0 Å². The minimum absolute atomic E-state index is 0. The van der Waals surface area contributed by atoms with E-state index in [0.717, 1.165) is 5.56 Å². The zero-order valence-electron chi connectivity index (χ0n) is 18.4. The Labute approximate surface area is 197 Å². The first-order valence-electron chi connectivity index (χ1n) is 10.3. The Morgan fingerprint density at radius 3 is 2.31 bits per heavy atom. The van der Waals surface area contributed by atoms with Gasteiger partial charge in [-0.15, -0.1) is 0 Å². The first-order valence-corrected chi connectivity index (χ1v) is 10.3. The normalized spacial score (nSPS) is 17.0. The van der Waals surface area contributed by atoms with E-state index in [2.05, 4.69) is 5.32 Å². The van der Waals surface area contributed by atoms with Crippen molar-refractivity contribution in [3.8, 4) is 5.75 Å². The minimum atomic E-state index is -2.05. The summed E-state index contributed by atoms with van der Waals surface area (Å²) in [7, 11) is 0. The number of fused-ring (bicyclic) bond motifs is 1. The second-order valence-corrected chi connectivity index (χ2v) is 7.82. The molecule has 1 aliphatic carbocycles. The van der Waals surface area contributed by atoms with E-state index in [0.29, 0.717) is 0 Å². The molecule has 0 saturated heterocycles. The van der Waals surface area contributed by atoms with Gasteiger partial charge in [-0.05, 0) is 23.6 Å². The number of anilines is 1. The fraction of sp³-hybridized carbons (Fsp3) is 0.333. The monoisotopic (exact) mass is 478 g/mol. The molecule has 0 aliphatic heterocycles. The SMILES string of the molecule is CCC(=O)NC1(c2ccc(C(C)C)cc2OC(=O)CC)C(=O)c2cccc(N)c2C1=O.[Fe]. The van der Waals surface area contributed by atoms with Crippen molar-refractivity contribution in [1.82, 2.24) is 5.32 Å². The van der Waals surface area contributed by atoms with Gasteiger partial charge in [-0.1, -0.05) is 52.0 Å². The molecular formula is C24H26FeN2O5. The maximum absolute atomic E-state index is 13.7. The van der Waals surface area contributed by atoms with Gasteiger partial charge in [0.2, 0.25) is 17.5 Å². The maximum Gasteiger partial charge on any atom is 0.310 e. The molecule has 2 aromatic rings. The van der Waals surface area contributed by atoms with Crippen LogP contribution < -0.4 is 15.8 Å². The average Bonchev–Trinajstić information content (AvgIpc) is 2.96. The molecule has 2 aromatic carbocycles. The fourth-order valence-corrected chi connectivity index (χ4v) is 3.72. The Balaban J connectivity index is 0.00000363. The number of rotatable bonds is 6. The van der Waals surface area contributed by atoms with Crippen molar-refractivity contribution in [3.63, 3.8) is 0 Å². The first kappa shape index (κ1) is 25.3. The molecule has 3 N–H and O–H groups in total. The predicted molar refractivity (Wildman–Crippen MR) is 116 cm³/mol. The standard InChI is InChI=1S/C24H26N2O5.Fe/c1-5-19(27)26-24(22(29)15-8-7-9-17(25)21(15)23(24)30)16-11-10-14(13(3)4)12-18(16)31-20(28)6-2;/h7-13H,5-6,25H2,1-4H3,(H,26,27);. The third-order valence-electron chi connectivity index (χ3n) is 5.49. The van der Waals surface area contributed by atoms with E-state index in [1.54, 1.807) is 38.1 Å². The summed E-state index contributed by atoms with van der Waals surface area (Å²) in [6.45, 7) is 7.20. The summed E-state index contributed by atoms with van der Waals surface area (Å²) < 4.78 is 5.54. The summed E-state index contributed by atoms with van der Waals surface area (Å²) in [5, 5.41) is 2.63. The van der Waals surface area contributed by atoms with Gasteiger partial charge >= 0.3 is 5.97 Å². The summed E-state index contributed by atoms with van der Waals surface area (Å²) in [6.07, 6.45) is 0.164. The van der Waals surface area contributed by atoms with E-state index in [9.17, 15) is 19.2 Å². The summed E-state index contributed by atoms with van der Waals surface area (Å²) in [6, 6.07) is 9.59. The van der Waals surface area contributed by atoms with Crippen LogP contribution in [0, 0.1) is 0 Å². The molecular weight excluding hydrogens is 452 g/mol. The number of nitrogens with one attached hydrogen (secondary N) is 1. The van der Waals surface area contributed by atoms with Crippen molar-refractivity contribution in [1.29, 1.82) is 0 Å². The summed E-state index contributed by atoms with van der Waals surface area (Å²) in [5.41, 5.74) is 5.28. The molecule has 0 saturated carbocycles. The quantitative estimate of drug-likeness (QED) is 0.216. The molecule has 32 heavy (non-hydrogen) atoms. The smallest absolute Gasteiger partial charge is 0.310 e. The number of hydrogen-bond donors (Lipinski definition) is 2. The Morgan fingerprint density at radius 1 is 1.06 bits per heavy atom. The number of esters is 1. The van der Waals surface area contributed by atoms with E-state index >= 15 is 0 Å². The predicted octanol–water partition coefficient (Wildman–Crippen LogP) is 3.51. The van der Waals surface area contributed by atoms with Crippen molar-refractivity contribution in [2.75, 3.05) is 5.73 Å². The van der Waals surface area contributed by atoms with Crippen LogP contribution in [-0.4, -0.2) is 23.4 Å². The Bertz CT molecular complexity index is 1100. The van der Waals surface area contributed by atoms with E-state index in [1.165, 1.54) is 12.1 Å². The number of ether oxygens (including phenoxy) is 1. The number of ketones is 2. The van der Waals surface area contributed by atoms with Crippen LogP contribution in [0.1, 0.15) is 78.3 Å². The first-order chi connectivity index (χ1) is 14.7. The molecule has 7 nitrogen and oxygen atoms in total. The van der Waals surface area contributed by atoms with Gasteiger partial charge in [0.05, 0.1) is 5.56 Å². The summed E-state index contributed by atoms with van der Waals surface area (Å²) >= 11 is 0. The molecule has 1 amide bonds. The number of benzene rings is 2. The second kappa shape index (κ2) is 9.67. The molecule has 1 atom stereocenters. The Hall–Kier alpha value is -2.96. The van der Waals surface area contributed by atoms with Crippen molar-refractivity contribution in [3.05, 3.63) is 58.7 Å². The zero-order chi connectivity index (χ0) is 22.9. The van der Waals surface area contributed by atoms with Gasteiger partial charge in [-0.2, -0.15) is 0 Å². The molecule has 0 radical (unpaired) electrons. The van der Waals surface area contributed by atoms with Crippen molar-refractivity contribution in [2.24, 2.45) is 0 Å². The number of carbonyl (C=O) groups is 4. The van der Waals surface area contributed by atoms with Crippen LogP contribution in [0.3, 0.4) is 0 Å². The van der Waals surface area contributed by atoms with Gasteiger partial charge in [0.25, 0.3) is 0 Å². The van der Waals surface area contributed by atoms with Gasteiger partial charge in [0.15, 0.2) is 5.54 Å². The van der Waals surface area contributed by atoms with Crippen molar-refractivity contribution < 1.29 is 41.0 Å². The third-order valence-corrected chi connectivity index (χ3v) is 5.49. The van der Waals surface area contributed by atoms with Crippen LogP contribution in [0.4, 0.5) is 5.69 Å². The van der Waals surface area contributed by atoms with Crippen LogP contribution in [-0.2, 0) is 32.2 Å². The number of carbonyl (C=O) groups excluding carboxylic acids is 4. The maximum atomic E-state index is 13.7. The number of Topliss-reactive ketones (excluding diaryl/α,β-unsaturated/α-hetero) is 2. The molecule has 3 rings (SSSR count). The van der Waals surface area contributed by atoms with Gasteiger partial charge < -0.3 is 15.8 Å². The van der Waals surface area contributed by atoms with Crippen LogP contribution in [0.2, 0.25) is 0 Å². The van der Waals surface area contributed by atoms with Gasteiger partial charge in [0.1, 0.15) is 5.75 Å². The molecule has 0 fully saturated rings. The minimum Gasteiger partial charge on any atom is -0.426 e. The topological polar surface area (TPSA) is 116 Å². The number of nitrogen functional groups attached to an aromatic ring is 1. The van der Waals surface area contributed by atoms with E-state index in [4.69, 9.17) is 10.5 Å². The Morgan fingerprint density at radius 2 is 1.75 bits per heavy atom. The zero-order valence-corrected chi connectivity index (χ0v) is 19.5. The van der Waals surface area contributed by atoms with Crippen LogP contribution in [0.15, 0.2) is 36.4 Å². The molecule has 0 aromatic heterocycles. The average molecular weight is 478 g/mol. The van der Waals surface area contributed by atoms with Gasteiger partial charge in [0, 0.05) is 46.7 Å². The third kappa shape index (κ3) is 4.08. The summed E-state index contributed by atoms with van der Waals surface area (Å²) in [4.78, 5) is 51.9. The number of hydrogen-bond acceptors (Lipinski definition) is 6. The van der Waals surface area contributed by atoms with Crippen LogP contribution in [0.25, 0.3) is 0 Å². The summed E-state index contributed by atoms with van der Waals surface area (Å²) in [5.74, 6) is -2.08. The van der Waals surface area contributed by atoms with E-state index < -0.39 is 29.0 Å². The molecule has 8 heteroatoms. The van der Waals surface area contributed by atoms with Gasteiger partial charge in [-0.3, -0.25) is 19.2 Å². The number of amides is 1. The second-order valence-electron chi connectivity index (χ2n) is 7.82. The van der Waals surface area contributed by atoms with Crippen molar-refractivity contribution in [2.45, 2.75) is 52.0 Å². The van der Waals surface area contributed by atoms with E-state index in [-0.39, 0.29) is 64.0 Å². The molecule has 0 heterocycles. The van der Waals surface area contributed by atoms with Crippen LogP contribution >= 0.6 is 0 Å². The largest absolute Gasteiger partial charge is 0.426 e. The Kier molecular flexibility index (Phi) is 7.65. The fourth-order valence-electron chi connectivity index (χ4n) is 3.72. The molecule has 170 valence electrons. The molecule has 0 bridgehead atoms. The van der Waals surface area contributed by atoms with E-state index in [1.807, 2.05) is 13.8 Å². The van der Waals surface area contributed by atoms with Crippen molar-refractivity contribution >= 4 is 29.1 Å².